The zero-order valence-corrected chi connectivity index (χ0v) is 17.1. The third-order valence-corrected chi connectivity index (χ3v) is 5.69. The summed E-state index contributed by atoms with van der Waals surface area (Å²) in [5, 5.41) is 0.694. The zero-order chi connectivity index (χ0) is 20.5. The summed E-state index contributed by atoms with van der Waals surface area (Å²) in [4.78, 5) is 11.7. The number of fused-ring (bicyclic) bond motifs is 1. The number of nitrogens with two attached hydrogens (primary N) is 1. The third kappa shape index (κ3) is 3.82. The van der Waals surface area contributed by atoms with E-state index in [4.69, 9.17) is 26.7 Å². The molecular formula is C24H21ClN4O. The molecule has 4 aromatic rings. The van der Waals surface area contributed by atoms with Crippen molar-refractivity contribution in [3.05, 3.63) is 88.9 Å². The number of benzene rings is 2. The van der Waals surface area contributed by atoms with Crippen LogP contribution in [0.25, 0.3) is 22.7 Å². The number of hydrogen-bond donors (Lipinski definition) is 1. The molecule has 5 rings (SSSR count). The molecule has 150 valence electrons. The highest BCUT2D eigenvalue weighted by atomic mass is 35.5. The van der Waals surface area contributed by atoms with E-state index in [1.807, 2.05) is 66.9 Å². The normalized spacial score (nSPS) is 13.9. The molecule has 2 aromatic carbocycles. The van der Waals surface area contributed by atoms with Crippen LogP contribution in [0.1, 0.15) is 17.0 Å². The van der Waals surface area contributed by atoms with Crippen molar-refractivity contribution in [1.29, 1.82) is 0 Å². The average Bonchev–Trinajstić information content (AvgIpc) is 3.22. The van der Waals surface area contributed by atoms with Crippen molar-refractivity contribution in [2.45, 2.75) is 19.5 Å². The Bertz CT molecular complexity index is 1190. The third-order valence-electron chi connectivity index (χ3n) is 5.36. The van der Waals surface area contributed by atoms with Gasteiger partial charge >= 0.3 is 0 Å². The maximum atomic E-state index is 6.29. The van der Waals surface area contributed by atoms with Gasteiger partial charge < -0.3 is 10.2 Å². The molecule has 3 heterocycles. The van der Waals surface area contributed by atoms with Crippen LogP contribution >= 0.6 is 11.6 Å². The minimum atomic E-state index is 0.694. The van der Waals surface area contributed by atoms with Crippen molar-refractivity contribution in [2.24, 2.45) is 0 Å². The Balaban J connectivity index is 1.30. The molecule has 0 unspecified atom stereocenters. The van der Waals surface area contributed by atoms with Crippen LogP contribution in [0.4, 0.5) is 5.69 Å². The fraction of sp³-hybridized carbons (Fsp3) is 0.167. The summed E-state index contributed by atoms with van der Waals surface area (Å²) in [6.45, 7) is 2.47. The first-order chi connectivity index (χ1) is 14.7. The van der Waals surface area contributed by atoms with Crippen molar-refractivity contribution >= 4 is 17.3 Å². The van der Waals surface area contributed by atoms with Crippen LogP contribution in [0.15, 0.2) is 71.3 Å². The number of nitrogen functional groups attached to an aromatic ring is 1. The van der Waals surface area contributed by atoms with Gasteiger partial charge in [0, 0.05) is 48.1 Å². The van der Waals surface area contributed by atoms with E-state index < -0.39 is 0 Å². The molecule has 1 aliphatic rings. The molecule has 1 aliphatic heterocycles. The van der Waals surface area contributed by atoms with Gasteiger partial charge in [0.15, 0.2) is 5.82 Å². The minimum absolute atomic E-state index is 0.694. The number of nitrogens with zero attached hydrogens (tertiary/aromatic N) is 3. The highest BCUT2D eigenvalue weighted by Crippen LogP contribution is 2.30. The molecule has 0 atom stereocenters. The Morgan fingerprint density at radius 3 is 2.70 bits per heavy atom. The first kappa shape index (κ1) is 18.9. The topological polar surface area (TPSA) is 68.2 Å². The van der Waals surface area contributed by atoms with Gasteiger partial charge in [-0.3, -0.25) is 4.90 Å². The molecule has 0 bridgehead atoms. The second-order valence-electron chi connectivity index (χ2n) is 7.49. The monoisotopic (exact) mass is 416 g/mol. The highest BCUT2D eigenvalue weighted by Gasteiger charge is 2.20. The quantitative estimate of drug-likeness (QED) is 0.463. The van der Waals surface area contributed by atoms with Crippen LogP contribution in [0.3, 0.4) is 0 Å². The SMILES string of the molecule is Nc1ccc(-c2ncc3c(n2)CCN(Cc2ccc(-c4ccccc4Cl)o2)C3)cc1. The van der Waals surface area contributed by atoms with Crippen molar-refractivity contribution in [2.75, 3.05) is 12.3 Å². The summed E-state index contributed by atoms with van der Waals surface area (Å²) in [6, 6.07) is 19.4. The van der Waals surface area contributed by atoms with Gasteiger partial charge in [-0.25, -0.2) is 9.97 Å². The molecule has 0 aliphatic carbocycles. The smallest absolute Gasteiger partial charge is 0.159 e. The van der Waals surface area contributed by atoms with E-state index in [1.54, 1.807) is 0 Å². The summed E-state index contributed by atoms with van der Waals surface area (Å²) in [6.07, 6.45) is 2.83. The van der Waals surface area contributed by atoms with Crippen molar-refractivity contribution < 1.29 is 4.42 Å². The molecular weight excluding hydrogens is 396 g/mol. The number of aromatic nitrogens is 2. The van der Waals surface area contributed by atoms with E-state index in [2.05, 4.69) is 9.88 Å². The van der Waals surface area contributed by atoms with Gasteiger partial charge in [-0.05, 0) is 48.5 Å². The predicted octanol–water partition coefficient (Wildman–Crippen LogP) is 5.20. The molecule has 0 saturated heterocycles. The Labute approximate surface area is 180 Å². The molecule has 5 nitrogen and oxygen atoms in total. The van der Waals surface area contributed by atoms with Crippen molar-refractivity contribution in [1.82, 2.24) is 14.9 Å². The van der Waals surface area contributed by atoms with Gasteiger partial charge in [-0.2, -0.15) is 0 Å². The first-order valence-corrected chi connectivity index (χ1v) is 10.3. The van der Waals surface area contributed by atoms with Gasteiger partial charge in [0.25, 0.3) is 0 Å². The molecule has 0 saturated carbocycles. The second-order valence-corrected chi connectivity index (χ2v) is 7.90. The molecule has 0 amide bonds. The Kier molecular flexibility index (Phi) is 4.99. The fourth-order valence-corrected chi connectivity index (χ4v) is 4.00. The van der Waals surface area contributed by atoms with Crippen molar-refractivity contribution in [3.63, 3.8) is 0 Å². The largest absolute Gasteiger partial charge is 0.460 e. The van der Waals surface area contributed by atoms with Gasteiger partial charge in [0.2, 0.25) is 0 Å². The Hall–Kier alpha value is -3.15. The summed E-state index contributed by atoms with van der Waals surface area (Å²) in [5.74, 6) is 2.47. The summed E-state index contributed by atoms with van der Waals surface area (Å²) in [7, 11) is 0. The summed E-state index contributed by atoms with van der Waals surface area (Å²) >= 11 is 6.29. The lowest BCUT2D eigenvalue weighted by Crippen LogP contribution is -2.30. The van der Waals surface area contributed by atoms with Crippen LogP contribution in [0, 0.1) is 0 Å². The lowest BCUT2D eigenvalue weighted by Gasteiger charge is -2.27. The molecule has 0 fully saturated rings. The molecule has 2 aromatic heterocycles. The number of hydrogen-bond acceptors (Lipinski definition) is 5. The number of rotatable bonds is 4. The number of halogens is 1. The van der Waals surface area contributed by atoms with Gasteiger partial charge in [0.05, 0.1) is 17.3 Å². The second kappa shape index (κ2) is 7.94. The van der Waals surface area contributed by atoms with Gasteiger partial charge in [-0.1, -0.05) is 23.7 Å². The van der Waals surface area contributed by atoms with Crippen LogP contribution in [-0.2, 0) is 19.5 Å². The van der Waals surface area contributed by atoms with E-state index in [-0.39, 0.29) is 0 Å². The predicted molar refractivity (Wildman–Crippen MR) is 119 cm³/mol. The van der Waals surface area contributed by atoms with E-state index in [1.165, 1.54) is 5.56 Å². The molecule has 2 N–H and O–H groups in total. The van der Waals surface area contributed by atoms with Crippen LogP contribution in [0.2, 0.25) is 5.02 Å². The highest BCUT2D eigenvalue weighted by molar-refractivity contribution is 6.33. The first-order valence-electron chi connectivity index (χ1n) is 9.92. The standard InChI is InChI=1S/C24H21ClN4O/c25-21-4-2-1-3-20(21)23-10-9-19(30-23)15-29-12-11-22-17(14-29)13-27-24(28-22)16-5-7-18(26)8-6-16/h1-10,13H,11-12,14-15,26H2. The van der Waals surface area contributed by atoms with Crippen LogP contribution in [0.5, 0.6) is 0 Å². The lowest BCUT2D eigenvalue weighted by atomic mass is 10.1. The Morgan fingerprint density at radius 2 is 1.87 bits per heavy atom. The summed E-state index contributed by atoms with van der Waals surface area (Å²) in [5.41, 5.74) is 10.7. The van der Waals surface area contributed by atoms with Crippen molar-refractivity contribution in [3.8, 4) is 22.7 Å². The average molecular weight is 417 g/mol. The minimum Gasteiger partial charge on any atom is -0.460 e. The van der Waals surface area contributed by atoms with Gasteiger partial charge in [-0.15, -0.1) is 0 Å². The lowest BCUT2D eigenvalue weighted by molar-refractivity contribution is 0.224. The zero-order valence-electron chi connectivity index (χ0n) is 16.4. The maximum Gasteiger partial charge on any atom is 0.159 e. The van der Waals surface area contributed by atoms with Crippen LogP contribution in [-0.4, -0.2) is 21.4 Å². The molecule has 0 spiro atoms. The Morgan fingerprint density at radius 1 is 1.03 bits per heavy atom. The number of anilines is 1. The van der Waals surface area contributed by atoms with E-state index >= 15 is 0 Å². The molecule has 6 heteroatoms. The number of furan rings is 1. The van der Waals surface area contributed by atoms with E-state index in [9.17, 15) is 0 Å². The van der Waals surface area contributed by atoms with Crippen LogP contribution < -0.4 is 5.73 Å². The molecule has 0 radical (unpaired) electrons. The summed E-state index contributed by atoms with van der Waals surface area (Å²) < 4.78 is 6.06. The molecule has 30 heavy (non-hydrogen) atoms. The fourth-order valence-electron chi connectivity index (χ4n) is 3.77. The van der Waals surface area contributed by atoms with Gasteiger partial charge in [0.1, 0.15) is 11.5 Å². The van der Waals surface area contributed by atoms with E-state index in [0.717, 1.165) is 65.9 Å². The maximum absolute atomic E-state index is 6.29. The van der Waals surface area contributed by atoms with E-state index in [0.29, 0.717) is 5.02 Å².